The maximum absolute atomic E-state index is 13.0. The van der Waals surface area contributed by atoms with E-state index in [9.17, 15) is 4.79 Å². The van der Waals surface area contributed by atoms with E-state index in [0.29, 0.717) is 34.2 Å². The molecular formula is C28H30N2O4. The maximum atomic E-state index is 13.0. The van der Waals surface area contributed by atoms with Gasteiger partial charge in [-0.1, -0.05) is 39.0 Å². The van der Waals surface area contributed by atoms with Crippen molar-refractivity contribution in [1.29, 1.82) is 0 Å². The minimum atomic E-state index is -1.08. The van der Waals surface area contributed by atoms with Gasteiger partial charge in [-0.15, -0.1) is 0 Å². The van der Waals surface area contributed by atoms with E-state index < -0.39 is 5.60 Å². The predicted octanol–water partition coefficient (Wildman–Crippen LogP) is 6.60. The highest BCUT2D eigenvalue weighted by atomic mass is 16.5. The number of nitrogens with one attached hydrogen (secondary N) is 1. The maximum Gasteiger partial charge on any atom is 0.267 e. The van der Waals surface area contributed by atoms with E-state index in [-0.39, 0.29) is 11.3 Å². The number of ether oxygens (including phenoxy) is 2. The van der Waals surface area contributed by atoms with Crippen LogP contribution in [0, 0.1) is 0 Å². The van der Waals surface area contributed by atoms with Gasteiger partial charge in [-0.05, 0) is 67.3 Å². The van der Waals surface area contributed by atoms with Gasteiger partial charge in [0.1, 0.15) is 17.0 Å². The fourth-order valence-electron chi connectivity index (χ4n) is 3.53. The number of carbonyl (C=O) groups excluding carboxylic acids is 1. The Balaban J connectivity index is 1.49. The molecule has 4 aromatic rings. The molecule has 0 atom stereocenters. The summed E-state index contributed by atoms with van der Waals surface area (Å²) < 4.78 is 17.2. The molecular weight excluding hydrogens is 428 g/mol. The Morgan fingerprint density at radius 2 is 1.62 bits per heavy atom. The van der Waals surface area contributed by atoms with Crippen LogP contribution in [0.2, 0.25) is 0 Å². The van der Waals surface area contributed by atoms with Crippen molar-refractivity contribution in [1.82, 2.24) is 4.98 Å². The first-order chi connectivity index (χ1) is 16.0. The normalized spacial score (nSPS) is 11.9. The first-order valence-corrected chi connectivity index (χ1v) is 11.2. The molecule has 4 rings (SSSR count). The van der Waals surface area contributed by atoms with E-state index in [0.717, 1.165) is 5.56 Å². The highest BCUT2D eigenvalue weighted by Gasteiger charge is 2.30. The van der Waals surface area contributed by atoms with E-state index in [1.54, 1.807) is 21.0 Å². The largest absolute Gasteiger partial charge is 0.497 e. The number of oxazole rings is 1. The number of benzene rings is 3. The first-order valence-electron chi connectivity index (χ1n) is 11.2. The Morgan fingerprint density at radius 3 is 2.29 bits per heavy atom. The van der Waals surface area contributed by atoms with Crippen molar-refractivity contribution in [2.24, 2.45) is 0 Å². The molecule has 6 nitrogen and oxygen atoms in total. The number of hydrogen-bond acceptors (Lipinski definition) is 5. The summed E-state index contributed by atoms with van der Waals surface area (Å²) in [6.07, 6.45) is 0. The molecule has 1 amide bonds. The first kappa shape index (κ1) is 23.4. The number of carbonyl (C=O) groups is 1. The molecule has 176 valence electrons. The molecule has 1 aromatic heterocycles. The smallest absolute Gasteiger partial charge is 0.267 e. The van der Waals surface area contributed by atoms with Gasteiger partial charge in [-0.3, -0.25) is 4.79 Å². The Morgan fingerprint density at radius 1 is 0.912 bits per heavy atom. The topological polar surface area (TPSA) is 73.6 Å². The number of rotatable bonds is 6. The lowest BCUT2D eigenvalue weighted by Gasteiger charge is -2.26. The average molecular weight is 459 g/mol. The highest BCUT2D eigenvalue weighted by Crippen LogP contribution is 2.29. The number of anilines is 1. The van der Waals surface area contributed by atoms with E-state index in [1.807, 2.05) is 66.7 Å². The van der Waals surface area contributed by atoms with Gasteiger partial charge in [0.15, 0.2) is 11.2 Å². The lowest BCUT2D eigenvalue weighted by atomic mass is 9.87. The number of amides is 1. The van der Waals surface area contributed by atoms with Crippen LogP contribution in [-0.4, -0.2) is 23.6 Å². The van der Waals surface area contributed by atoms with Gasteiger partial charge in [0.05, 0.1) is 7.11 Å². The molecule has 0 fully saturated rings. The molecule has 3 aromatic carbocycles. The van der Waals surface area contributed by atoms with Gasteiger partial charge in [-0.25, -0.2) is 4.98 Å². The van der Waals surface area contributed by atoms with Crippen LogP contribution in [0.3, 0.4) is 0 Å². The fraction of sp³-hybridized carbons (Fsp3) is 0.286. The van der Waals surface area contributed by atoms with Crippen molar-refractivity contribution < 1.29 is 18.7 Å². The van der Waals surface area contributed by atoms with Crippen LogP contribution in [0.1, 0.15) is 40.2 Å². The van der Waals surface area contributed by atoms with Crippen molar-refractivity contribution in [3.63, 3.8) is 0 Å². The van der Waals surface area contributed by atoms with Gasteiger partial charge in [0.25, 0.3) is 5.91 Å². The van der Waals surface area contributed by atoms with Gasteiger partial charge in [0.2, 0.25) is 5.89 Å². The third-order valence-electron chi connectivity index (χ3n) is 5.60. The van der Waals surface area contributed by atoms with Gasteiger partial charge >= 0.3 is 0 Å². The Kier molecular flexibility index (Phi) is 6.09. The second-order valence-corrected chi connectivity index (χ2v) is 9.77. The van der Waals surface area contributed by atoms with E-state index in [2.05, 4.69) is 31.1 Å². The SMILES string of the molecule is COc1ccc2oc(-c3cccc(NC(=O)C(C)(C)Oc4ccc(C(C)(C)C)cc4)c3)nc2c1. The Labute approximate surface area is 199 Å². The minimum absolute atomic E-state index is 0.0528. The van der Waals surface area contributed by atoms with Crippen LogP contribution in [0.5, 0.6) is 11.5 Å². The van der Waals surface area contributed by atoms with Crippen molar-refractivity contribution in [2.75, 3.05) is 12.4 Å². The van der Waals surface area contributed by atoms with Crippen LogP contribution in [0.4, 0.5) is 5.69 Å². The molecule has 0 spiro atoms. The lowest BCUT2D eigenvalue weighted by Crippen LogP contribution is -2.42. The standard InChI is InChI=1S/C28H30N2O4/c1-27(2,3)19-10-12-21(13-11-19)34-28(4,5)26(31)29-20-9-7-8-18(16-20)25-30-23-17-22(32-6)14-15-24(23)33-25/h7-17H,1-6H3,(H,29,31). The highest BCUT2D eigenvalue weighted by molar-refractivity contribution is 5.97. The molecule has 0 saturated carbocycles. The van der Waals surface area contributed by atoms with E-state index >= 15 is 0 Å². The van der Waals surface area contributed by atoms with Crippen molar-refractivity contribution >= 4 is 22.7 Å². The molecule has 1 heterocycles. The Hall–Kier alpha value is -3.80. The van der Waals surface area contributed by atoms with Gasteiger partial charge in [-0.2, -0.15) is 0 Å². The monoisotopic (exact) mass is 458 g/mol. The third-order valence-corrected chi connectivity index (χ3v) is 5.60. The van der Waals surface area contributed by atoms with Crippen molar-refractivity contribution in [3.05, 3.63) is 72.3 Å². The number of nitrogens with zero attached hydrogens (tertiary/aromatic N) is 1. The predicted molar refractivity (Wildman–Crippen MR) is 134 cm³/mol. The summed E-state index contributed by atoms with van der Waals surface area (Å²) in [6.45, 7) is 9.97. The number of methoxy groups -OCH3 is 1. The van der Waals surface area contributed by atoms with Gasteiger partial charge in [0, 0.05) is 17.3 Å². The summed E-state index contributed by atoms with van der Waals surface area (Å²) in [4.78, 5) is 17.6. The molecule has 0 aliphatic heterocycles. The minimum Gasteiger partial charge on any atom is -0.497 e. The van der Waals surface area contributed by atoms with Crippen LogP contribution in [0.15, 0.2) is 71.1 Å². The molecule has 0 radical (unpaired) electrons. The van der Waals surface area contributed by atoms with Crippen molar-refractivity contribution in [3.8, 4) is 23.0 Å². The average Bonchev–Trinajstić information content (AvgIpc) is 3.22. The molecule has 34 heavy (non-hydrogen) atoms. The van der Waals surface area contributed by atoms with E-state index in [4.69, 9.17) is 13.9 Å². The number of aromatic nitrogens is 1. The van der Waals surface area contributed by atoms with Crippen LogP contribution in [0.25, 0.3) is 22.6 Å². The summed E-state index contributed by atoms with van der Waals surface area (Å²) in [6, 6.07) is 20.7. The summed E-state index contributed by atoms with van der Waals surface area (Å²) in [7, 11) is 1.61. The van der Waals surface area contributed by atoms with Crippen molar-refractivity contribution in [2.45, 2.75) is 45.6 Å². The van der Waals surface area contributed by atoms with Crippen LogP contribution >= 0.6 is 0 Å². The molecule has 6 heteroatoms. The van der Waals surface area contributed by atoms with Crippen LogP contribution in [-0.2, 0) is 10.2 Å². The molecule has 0 saturated heterocycles. The molecule has 0 unspecified atom stereocenters. The molecule has 0 aliphatic carbocycles. The van der Waals surface area contributed by atoms with E-state index in [1.165, 1.54) is 5.56 Å². The Bertz CT molecular complexity index is 1310. The third kappa shape index (κ3) is 5.06. The number of hydrogen-bond donors (Lipinski definition) is 1. The number of fused-ring (bicyclic) bond motifs is 1. The molecule has 0 aliphatic rings. The zero-order chi connectivity index (χ0) is 24.5. The molecule has 1 N–H and O–H groups in total. The lowest BCUT2D eigenvalue weighted by molar-refractivity contribution is -0.128. The second kappa shape index (κ2) is 8.86. The zero-order valence-corrected chi connectivity index (χ0v) is 20.4. The summed E-state index contributed by atoms with van der Waals surface area (Å²) in [5.41, 5.74) is 2.93. The van der Waals surface area contributed by atoms with Gasteiger partial charge < -0.3 is 19.2 Å². The van der Waals surface area contributed by atoms with Crippen LogP contribution < -0.4 is 14.8 Å². The fourth-order valence-corrected chi connectivity index (χ4v) is 3.53. The second-order valence-electron chi connectivity index (χ2n) is 9.77. The quantitative estimate of drug-likeness (QED) is 0.352. The molecule has 0 bridgehead atoms. The summed E-state index contributed by atoms with van der Waals surface area (Å²) in [5, 5.41) is 2.95. The summed E-state index contributed by atoms with van der Waals surface area (Å²) in [5.74, 6) is 1.56. The summed E-state index contributed by atoms with van der Waals surface area (Å²) >= 11 is 0. The zero-order valence-electron chi connectivity index (χ0n) is 20.4.